The Morgan fingerprint density at radius 3 is 2.54 bits per heavy atom. The van der Waals surface area contributed by atoms with Gasteiger partial charge in [-0.25, -0.2) is 4.99 Å². The van der Waals surface area contributed by atoms with Gasteiger partial charge in [-0.2, -0.15) is 0 Å². The number of hydrogen-bond acceptors (Lipinski definition) is 3. The molecule has 0 aliphatic heterocycles. The molecule has 0 atom stereocenters. The van der Waals surface area contributed by atoms with Gasteiger partial charge in [0.1, 0.15) is 6.54 Å². The first-order valence-corrected chi connectivity index (χ1v) is 8.07. The molecule has 0 unspecified atom stereocenters. The minimum absolute atomic E-state index is 0. The highest BCUT2D eigenvalue weighted by atomic mass is 127. The quantitative estimate of drug-likeness (QED) is 0.311. The molecule has 0 saturated heterocycles. The maximum Gasteiger partial charge on any atom is 0.573 e. The van der Waals surface area contributed by atoms with Gasteiger partial charge in [-0.15, -0.1) is 37.1 Å². The number of carbonyl (C=O) groups excluding carboxylic acids is 1. The molecule has 0 spiro atoms. The lowest BCUT2D eigenvalue weighted by molar-refractivity contribution is -0.274. The summed E-state index contributed by atoms with van der Waals surface area (Å²) in [7, 11) is 0. The van der Waals surface area contributed by atoms with Gasteiger partial charge in [0.15, 0.2) is 11.7 Å². The molecule has 0 aromatic heterocycles. The SMILES string of the molecule is CCc1cccc(NC(=O)CN=C(N)Nc2ccccc2OC(F)(F)F)c1.I. The van der Waals surface area contributed by atoms with E-state index < -0.39 is 18.0 Å². The van der Waals surface area contributed by atoms with E-state index in [-0.39, 0.29) is 42.2 Å². The van der Waals surface area contributed by atoms with Crippen LogP contribution in [-0.4, -0.2) is 24.8 Å². The van der Waals surface area contributed by atoms with E-state index in [0.717, 1.165) is 18.1 Å². The zero-order chi connectivity index (χ0) is 19.9. The molecule has 0 aliphatic rings. The fourth-order valence-corrected chi connectivity index (χ4v) is 2.19. The van der Waals surface area contributed by atoms with Gasteiger partial charge in [0.25, 0.3) is 0 Å². The molecule has 4 N–H and O–H groups in total. The van der Waals surface area contributed by atoms with Gasteiger partial charge in [-0.3, -0.25) is 4.79 Å². The highest BCUT2D eigenvalue weighted by molar-refractivity contribution is 14.0. The van der Waals surface area contributed by atoms with Gasteiger partial charge in [0.2, 0.25) is 5.91 Å². The molecular formula is C18H20F3IN4O2. The molecule has 0 saturated carbocycles. The number of nitrogens with one attached hydrogen (secondary N) is 2. The van der Waals surface area contributed by atoms with E-state index in [0.29, 0.717) is 5.69 Å². The first kappa shape index (κ1) is 23.5. The third kappa shape index (κ3) is 8.03. The van der Waals surface area contributed by atoms with Crippen LogP contribution in [0, 0.1) is 0 Å². The Kier molecular flexibility index (Phi) is 9.03. The number of halogens is 4. The van der Waals surface area contributed by atoms with Crippen LogP contribution in [0.25, 0.3) is 0 Å². The maximum absolute atomic E-state index is 12.4. The molecule has 0 fully saturated rings. The summed E-state index contributed by atoms with van der Waals surface area (Å²) >= 11 is 0. The third-order valence-electron chi connectivity index (χ3n) is 3.39. The van der Waals surface area contributed by atoms with Crippen molar-refractivity contribution < 1.29 is 22.7 Å². The number of nitrogens with two attached hydrogens (primary N) is 1. The van der Waals surface area contributed by atoms with E-state index in [4.69, 9.17) is 5.73 Å². The summed E-state index contributed by atoms with van der Waals surface area (Å²) in [4.78, 5) is 15.8. The van der Waals surface area contributed by atoms with Crippen LogP contribution in [0.2, 0.25) is 0 Å². The molecule has 152 valence electrons. The minimum atomic E-state index is -4.84. The highest BCUT2D eigenvalue weighted by Gasteiger charge is 2.32. The van der Waals surface area contributed by atoms with Gasteiger partial charge in [-0.1, -0.05) is 31.2 Å². The van der Waals surface area contributed by atoms with Crippen LogP contribution in [0.4, 0.5) is 24.5 Å². The van der Waals surface area contributed by atoms with Crippen molar-refractivity contribution in [2.75, 3.05) is 17.2 Å². The second-order valence-electron chi connectivity index (χ2n) is 5.47. The fraction of sp³-hybridized carbons (Fsp3) is 0.222. The van der Waals surface area contributed by atoms with Crippen molar-refractivity contribution in [1.29, 1.82) is 0 Å². The molecular weight excluding hydrogens is 488 g/mol. The topological polar surface area (TPSA) is 88.7 Å². The number of aliphatic imine (C=N–C) groups is 1. The third-order valence-corrected chi connectivity index (χ3v) is 3.39. The fourth-order valence-electron chi connectivity index (χ4n) is 2.19. The Bertz CT molecular complexity index is 828. The Hall–Kier alpha value is -2.50. The molecule has 2 aromatic carbocycles. The summed E-state index contributed by atoms with van der Waals surface area (Å²) in [5.41, 5.74) is 7.32. The van der Waals surface area contributed by atoms with Crippen molar-refractivity contribution in [1.82, 2.24) is 0 Å². The summed E-state index contributed by atoms with van der Waals surface area (Å²) in [5, 5.41) is 5.17. The first-order valence-electron chi connectivity index (χ1n) is 8.07. The van der Waals surface area contributed by atoms with Crippen LogP contribution in [0.1, 0.15) is 12.5 Å². The molecule has 2 rings (SSSR count). The maximum atomic E-state index is 12.4. The lowest BCUT2D eigenvalue weighted by Crippen LogP contribution is -2.26. The van der Waals surface area contributed by atoms with Crippen LogP contribution in [-0.2, 0) is 11.2 Å². The first-order chi connectivity index (χ1) is 12.8. The van der Waals surface area contributed by atoms with E-state index in [1.807, 2.05) is 25.1 Å². The molecule has 1 amide bonds. The Labute approximate surface area is 177 Å². The molecule has 0 radical (unpaired) electrons. The largest absolute Gasteiger partial charge is 0.573 e. The standard InChI is InChI=1S/C18H19F3N4O2.HI/c1-2-12-6-5-7-13(10-12)24-16(26)11-23-17(22)25-14-8-3-4-9-15(14)27-18(19,20)21;/h3-10H,2,11H2,1H3,(H,24,26)(H3,22,23,25);1H. The van der Waals surface area contributed by atoms with Gasteiger partial charge < -0.3 is 21.1 Å². The molecule has 2 aromatic rings. The molecule has 10 heteroatoms. The van der Waals surface area contributed by atoms with Crippen molar-refractivity contribution in [3.05, 3.63) is 54.1 Å². The summed E-state index contributed by atoms with van der Waals surface area (Å²) < 4.78 is 41.1. The number of benzene rings is 2. The van der Waals surface area contributed by atoms with Crippen LogP contribution in [0.3, 0.4) is 0 Å². The van der Waals surface area contributed by atoms with E-state index in [2.05, 4.69) is 20.4 Å². The number of anilines is 2. The van der Waals surface area contributed by atoms with Crippen molar-refractivity contribution in [2.45, 2.75) is 19.7 Å². The summed E-state index contributed by atoms with van der Waals surface area (Å²) in [6, 6.07) is 12.7. The van der Waals surface area contributed by atoms with Crippen molar-refractivity contribution in [3.8, 4) is 5.75 Å². The zero-order valence-corrected chi connectivity index (χ0v) is 17.2. The van der Waals surface area contributed by atoms with Crippen molar-refractivity contribution in [3.63, 3.8) is 0 Å². The average Bonchev–Trinajstić information content (AvgIpc) is 2.60. The van der Waals surface area contributed by atoms with E-state index >= 15 is 0 Å². The van der Waals surface area contributed by atoms with Crippen LogP contribution in [0.5, 0.6) is 5.75 Å². The van der Waals surface area contributed by atoms with Crippen molar-refractivity contribution in [2.24, 2.45) is 10.7 Å². The van der Waals surface area contributed by atoms with E-state index in [1.165, 1.54) is 18.2 Å². The van der Waals surface area contributed by atoms with Crippen LogP contribution < -0.4 is 21.1 Å². The van der Waals surface area contributed by atoms with Crippen molar-refractivity contribution >= 4 is 47.2 Å². The van der Waals surface area contributed by atoms with Gasteiger partial charge >= 0.3 is 6.36 Å². The second-order valence-corrected chi connectivity index (χ2v) is 5.47. The summed E-state index contributed by atoms with van der Waals surface area (Å²) in [5.74, 6) is -1.08. The number of hydrogen-bond donors (Lipinski definition) is 3. The van der Waals surface area contributed by atoms with Crippen LogP contribution in [0.15, 0.2) is 53.5 Å². The average molecular weight is 508 g/mol. The van der Waals surface area contributed by atoms with Crippen LogP contribution >= 0.6 is 24.0 Å². The summed E-state index contributed by atoms with van der Waals surface area (Å²) in [6.07, 6.45) is -4.01. The number of nitrogens with zero attached hydrogens (tertiary/aromatic N) is 1. The van der Waals surface area contributed by atoms with Gasteiger partial charge in [-0.05, 0) is 36.2 Å². The zero-order valence-electron chi connectivity index (χ0n) is 14.9. The number of guanidine groups is 1. The number of aryl methyl sites for hydroxylation is 1. The smallest absolute Gasteiger partial charge is 0.404 e. The number of alkyl halides is 3. The van der Waals surface area contributed by atoms with Gasteiger partial charge in [0.05, 0.1) is 5.69 Å². The van der Waals surface area contributed by atoms with Gasteiger partial charge in [0, 0.05) is 5.69 Å². The molecule has 0 bridgehead atoms. The second kappa shape index (κ2) is 10.7. The molecule has 0 aliphatic carbocycles. The molecule has 6 nitrogen and oxygen atoms in total. The number of carbonyl (C=O) groups is 1. The number of amides is 1. The normalized spacial score (nSPS) is 11.4. The Balaban J connectivity index is 0.00000392. The monoisotopic (exact) mass is 508 g/mol. The number of rotatable bonds is 6. The summed E-state index contributed by atoms with van der Waals surface area (Å²) in [6.45, 7) is 1.70. The molecule has 0 heterocycles. The Morgan fingerprint density at radius 2 is 1.86 bits per heavy atom. The highest BCUT2D eigenvalue weighted by Crippen LogP contribution is 2.29. The predicted octanol–water partition coefficient (Wildman–Crippen LogP) is 4.13. The lowest BCUT2D eigenvalue weighted by Gasteiger charge is -2.14. The molecule has 28 heavy (non-hydrogen) atoms. The Morgan fingerprint density at radius 1 is 1.14 bits per heavy atom. The lowest BCUT2D eigenvalue weighted by atomic mass is 10.1. The minimum Gasteiger partial charge on any atom is -0.404 e. The van der Waals surface area contributed by atoms with E-state index in [9.17, 15) is 18.0 Å². The number of ether oxygens (including phenoxy) is 1. The predicted molar refractivity (Wildman–Crippen MR) is 113 cm³/mol. The van der Waals surface area contributed by atoms with E-state index in [1.54, 1.807) is 6.07 Å². The number of para-hydroxylation sites is 2.